The fourth-order valence-electron chi connectivity index (χ4n) is 1.76. The van der Waals surface area contributed by atoms with Crippen LogP contribution in [0.3, 0.4) is 0 Å². The Bertz CT molecular complexity index is 552. The molecule has 100 valence electrons. The van der Waals surface area contributed by atoms with Crippen LogP contribution in [0.2, 0.25) is 0 Å². The molecular weight excluding hydrogens is 262 g/mol. The Labute approximate surface area is 104 Å². The highest BCUT2D eigenvalue weighted by atomic mass is 32.2. The summed E-state index contributed by atoms with van der Waals surface area (Å²) in [6.45, 7) is 2.44. The molecule has 1 fully saturated rings. The highest BCUT2D eigenvalue weighted by Gasteiger charge is 2.33. The Hall–Kier alpha value is -1.45. The molecule has 1 aliphatic rings. The third kappa shape index (κ3) is 2.24. The van der Waals surface area contributed by atoms with Gasteiger partial charge in [0, 0.05) is 13.1 Å². The van der Waals surface area contributed by atoms with E-state index < -0.39 is 16.0 Å². The fourth-order valence-corrected chi connectivity index (χ4v) is 3.32. The van der Waals surface area contributed by atoms with E-state index in [1.54, 1.807) is 6.92 Å². The topological polar surface area (TPSA) is 113 Å². The average Bonchev–Trinajstić information content (AvgIpc) is 2.78. The monoisotopic (exact) mass is 275 g/mol. The minimum atomic E-state index is -3.87. The van der Waals surface area contributed by atoms with Gasteiger partial charge in [0.2, 0.25) is 0 Å². The van der Waals surface area contributed by atoms with E-state index in [0.29, 0.717) is 0 Å². The first-order valence-electron chi connectivity index (χ1n) is 5.31. The van der Waals surface area contributed by atoms with Crippen molar-refractivity contribution in [3.05, 3.63) is 11.8 Å². The highest BCUT2D eigenvalue weighted by molar-refractivity contribution is 7.89. The molecule has 1 aliphatic heterocycles. The predicted molar refractivity (Wildman–Crippen MR) is 59.7 cm³/mol. The van der Waals surface area contributed by atoms with Crippen molar-refractivity contribution < 1.29 is 23.1 Å². The maximum Gasteiger partial charge on any atom is 0.340 e. The number of hydrogen-bond donors (Lipinski definition) is 2. The molecule has 2 heterocycles. The maximum atomic E-state index is 12.3. The number of aromatic amines is 1. The summed E-state index contributed by atoms with van der Waals surface area (Å²) in [5.41, 5.74) is -0.353. The molecule has 0 aliphatic carbocycles. The van der Waals surface area contributed by atoms with Gasteiger partial charge in [-0.25, -0.2) is 13.2 Å². The van der Waals surface area contributed by atoms with Gasteiger partial charge in [0.1, 0.15) is 5.56 Å². The van der Waals surface area contributed by atoms with Gasteiger partial charge < -0.3 is 9.84 Å². The molecule has 0 radical (unpaired) electrons. The summed E-state index contributed by atoms with van der Waals surface area (Å²) in [4.78, 5) is 10.9. The molecule has 9 heteroatoms. The van der Waals surface area contributed by atoms with Crippen molar-refractivity contribution in [3.8, 4) is 0 Å². The molecule has 1 aromatic rings. The molecule has 0 aromatic carbocycles. The van der Waals surface area contributed by atoms with Crippen molar-refractivity contribution in [2.75, 3.05) is 19.7 Å². The Morgan fingerprint density at radius 2 is 2.39 bits per heavy atom. The van der Waals surface area contributed by atoms with E-state index in [0.717, 1.165) is 6.20 Å². The second-order valence-corrected chi connectivity index (χ2v) is 5.84. The summed E-state index contributed by atoms with van der Waals surface area (Å²) < 4.78 is 31.0. The lowest BCUT2D eigenvalue weighted by Crippen LogP contribution is -2.44. The van der Waals surface area contributed by atoms with Crippen molar-refractivity contribution in [1.82, 2.24) is 14.5 Å². The van der Waals surface area contributed by atoms with Crippen molar-refractivity contribution in [2.45, 2.75) is 18.1 Å². The van der Waals surface area contributed by atoms with Gasteiger partial charge in [0.05, 0.1) is 18.9 Å². The summed E-state index contributed by atoms with van der Waals surface area (Å²) in [5, 5.41) is 14.2. The number of nitrogens with zero attached hydrogens (tertiary/aromatic N) is 2. The van der Waals surface area contributed by atoms with Crippen LogP contribution in [0.1, 0.15) is 17.3 Å². The van der Waals surface area contributed by atoms with Gasteiger partial charge in [-0.15, -0.1) is 0 Å². The van der Waals surface area contributed by atoms with Gasteiger partial charge in [-0.05, 0) is 6.92 Å². The predicted octanol–water partition coefficient (Wildman–Crippen LogP) is -0.483. The Morgan fingerprint density at radius 1 is 1.67 bits per heavy atom. The number of carbonyl (C=O) groups is 1. The van der Waals surface area contributed by atoms with E-state index in [1.807, 2.05) is 0 Å². The summed E-state index contributed by atoms with van der Waals surface area (Å²) in [6, 6.07) is 0. The van der Waals surface area contributed by atoms with Crippen LogP contribution in [0.5, 0.6) is 0 Å². The Kier molecular flexibility index (Phi) is 3.37. The van der Waals surface area contributed by atoms with Crippen LogP contribution < -0.4 is 0 Å². The van der Waals surface area contributed by atoms with E-state index in [2.05, 4.69) is 10.2 Å². The normalized spacial score (nSPS) is 21.9. The number of aromatic nitrogens is 2. The number of carboxylic acid groups (broad SMARTS) is 1. The number of sulfonamides is 1. The van der Waals surface area contributed by atoms with Gasteiger partial charge in [0.25, 0.3) is 10.0 Å². The van der Waals surface area contributed by atoms with Crippen molar-refractivity contribution in [3.63, 3.8) is 0 Å². The van der Waals surface area contributed by atoms with Crippen molar-refractivity contribution >= 4 is 16.0 Å². The van der Waals surface area contributed by atoms with Crippen LogP contribution in [-0.4, -0.2) is 59.8 Å². The first-order valence-corrected chi connectivity index (χ1v) is 6.75. The number of ether oxygens (including phenoxy) is 1. The molecule has 0 bridgehead atoms. The quantitative estimate of drug-likeness (QED) is 0.770. The van der Waals surface area contributed by atoms with E-state index in [9.17, 15) is 13.2 Å². The number of rotatable bonds is 3. The number of aromatic carboxylic acids is 1. The zero-order valence-electron chi connectivity index (χ0n) is 9.66. The number of carboxylic acids is 1. The molecular formula is C9H13N3O5S. The van der Waals surface area contributed by atoms with Crippen LogP contribution in [-0.2, 0) is 14.8 Å². The molecule has 1 aromatic heterocycles. The van der Waals surface area contributed by atoms with Gasteiger partial charge in [-0.3, -0.25) is 5.10 Å². The molecule has 2 rings (SSSR count). The SMILES string of the molecule is CC1CN(S(=O)(=O)c2[nH]ncc2C(=O)O)CCO1. The molecule has 0 saturated carbocycles. The van der Waals surface area contributed by atoms with E-state index in [1.165, 1.54) is 4.31 Å². The summed E-state index contributed by atoms with van der Waals surface area (Å²) in [7, 11) is -3.87. The first kappa shape index (κ1) is 13.0. The molecule has 1 saturated heterocycles. The average molecular weight is 275 g/mol. The zero-order valence-corrected chi connectivity index (χ0v) is 10.5. The summed E-state index contributed by atoms with van der Waals surface area (Å²) in [5.74, 6) is -1.33. The van der Waals surface area contributed by atoms with Crippen LogP contribution in [0.15, 0.2) is 11.2 Å². The molecule has 1 atom stereocenters. The highest BCUT2D eigenvalue weighted by Crippen LogP contribution is 2.20. The standard InChI is InChI=1S/C9H13N3O5S/c1-6-5-12(2-3-17-6)18(15,16)8-7(9(13)14)4-10-11-8/h4,6H,2-3,5H2,1H3,(H,10,11)(H,13,14). The fraction of sp³-hybridized carbons (Fsp3) is 0.556. The van der Waals surface area contributed by atoms with Crippen LogP contribution in [0.25, 0.3) is 0 Å². The molecule has 18 heavy (non-hydrogen) atoms. The number of H-pyrrole nitrogens is 1. The minimum absolute atomic E-state index is 0.195. The first-order chi connectivity index (χ1) is 8.43. The maximum absolute atomic E-state index is 12.3. The Morgan fingerprint density at radius 3 is 3.00 bits per heavy atom. The van der Waals surface area contributed by atoms with Gasteiger partial charge in [0.15, 0.2) is 5.03 Å². The molecule has 0 amide bonds. The molecule has 8 nitrogen and oxygen atoms in total. The molecule has 2 N–H and O–H groups in total. The van der Waals surface area contributed by atoms with Crippen LogP contribution >= 0.6 is 0 Å². The number of nitrogens with one attached hydrogen (secondary N) is 1. The summed E-state index contributed by atoms with van der Waals surface area (Å²) in [6.07, 6.45) is 0.767. The number of morpholine rings is 1. The van der Waals surface area contributed by atoms with Crippen molar-refractivity contribution in [2.24, 2.45) is 0 Å². The molecule has 1 unspecified atom stereocenters. The lowest BCUT2D eigenvalue weighted by molar-refractivity contribution is 0.0101. The van der Waals surface area contributed by atoms with Crippen molar-refractivity contribution in [1.29, 1.82) is 0 Å². The summed E-state index contributed by atoms with van der Waals surface area (Å²) >= 11 is 0. The van der Waals surface area contributed by atoms with E-state index in [4.69, 9.17) is 9.84 Å². The van der Waals surface area contributed by atoms with E-state index in [-0.39, 0.29) is 36.4 Å². The lowest BCUT2D eigenvalue weighted by Gasteiger charge is -2.29. The van der Waals surface area contributed by atoms with Gasteiger partial charge in [-0.2, -0.15) is 9.40 Å². The smallest absolute Gasteiger partial charge is 0.340 e. The Balaban J connectivity index is 2.36. The van der Waals surface area contributed by atoms with Gasteiger partial charge in [-0.1, -0.05) is 0 Å². The van der Waals surface area contributed by atoms with E-state index >= 15 is 0 Å². The lowest BCUT2D eigenvalue weighted by atomic mass is 10.3. The second-order valence-electron chi connectivity index (χ2n) is 3.96. The number of hydrogen-bond acceptors (Lipinski definition) is 5. The largest absolute Gasteiger partial charge is 0.478 e. The third-order valence-corrected chi connectivity index (χ3v) is 4.48. The van der Waals surface area contributed by atoms with Crippen LogP contribution in [0, 0.1) is 0 Å². The second kappa shape index (κ2) is 4.67. The van der Waals surface area contributed by atoms with Gasteiger partial charge >= 0.3 is 5.97 Å². The minimum Gasteiger partial charge on any atom is -0.478 e. The van der Waals surface area contributed by atoms with Crippen LogP contribution in [0.4, 0.5) is 0 Å². The molecule has 0 spiro atoms. The third-order valence-electron chi connectivity index (χ3n) is 2.64. The zero-order chi connectivity index (χ0) is 13.3.